The number of carbonyl (C=O) groups excluding carboxylic acids is 1. The van der Waals surface area contributed by atoms with Gasteiger partial charge in [0.1, 0.15) is 4.60 Å². The summed E-state index contributed by atoms with van der Waals surface area (Å²) in [6, 6.07) is 3.56. The highest BCUT2D eigenvalue weighted by Crippen LogP contribution is 2.26. The first-order chi connectivity index (χ1) is 8.25. The fourth-order valence-corrected chi connectivity index (χ4v) is 2.54. The summed E-state index contributed by atoms with van der Waals surface area (Å²) in [6.45, 7) is 0.777. The van der Waals surface area contributed by atoms with E-state index >= 15 is 0 Å². The molecule has 0 radical (unpaired) electrons. The third-order valence-electron chi connectivity index (χ3n) is 3.30. The van der Waals surface area contributed by atoms with Gasteiger partial charge in [-0.15, -0.1) is 0 Å². The lowest BCUT2D eigenvalue weighted by Gasteiger charge is -2.09. The maximum absolute atomic E-state index is 11.8. The highest BCUT2D eigenvalue weighted by Gasteiger charge is 2.14. The van der Waals surface area contributed by atoms with E-state index in [1.807, 2.05) is 0 Å². The van der Waals surface area contributed by atoms with Gasteiger partial charge < -0.3 is 5.32 Å². The molecule has 1 aliphatic carbocycles. The van der Waals surface area contributed by atoms with Gasteiger partial charge in [0.15, 0.2) is 0 Å². The number of rotatable bonds is 4. The average Bonchev–Trinajstić information content (AvgIpc) is 2.83. The molecule has 1 N–H and O–H groups in total. The topological polar surface area (TPSA) is 42.0 Å². The second-order valence-corrected chi connectivity index (χ2v) is 5.38. The smallest absolute Gasteiger partial charge is 0.252 e. The second-order valence-electron chi connectivity index (χ2n) is 4.56. The minimum absolute atomic E-state index is 0.0250. The van der Waals surface area contributed by atoms with Gasteiger partial charge in [0.2, 0.25) is 0 Å². The fourth-order valence-electron chi connectivity index (χ4n) is 2.30. The van der Waals surface area contributed by atoms with E-state index in [-0.39, 0.29) is 5.91 Å². The highest BCUT2D eigenvalue weighted by molar-refractivity contribution is 9.10. The van der Waals surface area contributed by atoms with Crippen molar-refractivity contribution >= 4 is 21.8 Å². The van der Waals surface area contributed by atoms with E-state index < -0.39 is 0 Å². The van der Waals surface area contributed by atoms with Crippen molar-refractivity contribution < 1.29 is 4.79 Å². The molecular formula is C13H17BrN2O. The summed E-state index contributed by atoms with van der Waals surface area (Å²) in [5, 5.41) is 2.95. The first-order valence-electron chi connectivity index (χ1n) is 6.15. The maximum atomic E-state index is 11.8. The Labute approximate surface area is 110 Å². The Kier molecular flexibility index (Phi) is 4.54. The molecule has 0 aromatic carbocycles. The van der Waals surface area contributed by atoms with Crippen LogP contribution >= 0.6 is 15.9 Å². The molecule has 4 heteroatoms. The van der Waals surface area contributed by atoms with E-state index in [1.54, 1.807) is 18.3 Å². The van der Waals surface area contributed by atoms with Gasteiger partial charge >= 0.3 is 0 Å². The summed E-state index contributed by atoms with van der Waals surface area (Å²) in [5.74, 6) is 0.793. The molecule has 0 saturated heterocycles. The van der Waals surface area contributed by atoms with Crippen molar-refractivity contribution in [3.05, 3.63) is 28.5 Å². The van der Waals surface area contributed by atoms with Crippen LogP contribution in [0.1, 0.15) is 42.5 Å². The van der Waals surface area contributed by atoms with Gasteiger partial charge in [0, 0.05) is 12.7 Å². The van der Waals surface area contributed by atoms with Gasteiger partial charge in [-0.2, -0.15) is 0 Å². The molecule has 1 amide bonds. The van der Waals surface area contributed by atoms with E-state index in [2.05, 4.69) is 26.2 Å². The molecule has 3 nitrogen and oxygen atoms in total. The van der Waals surface area contributed by atoms with Crippen LogP contribution in [0.5, 0.6) is 0 Å². The van der Waals surface area contributed by atoms with Crippen LogP contribution < -0.4 is 5.32 Å². The number of carbonyl (C=O) groups is 1. The Morgan fingerprint density at radius 1 is 1.41 bits per heavy atom. The largest absolute Gasteiger partial charge is 0.352 e. The number of aromatic nitrogens is 1. The minimum Gasteiger partial charge on any atom is -0.352 e. The number of nitrogens with one attached hydrogen (secondary N) is 1. The monoisotopic (exact) mass is 296 g/mol. The van der Waals surface area contributed by atoms with Crippen LogP contribution in [0.4, 0.5) is 0 Å². The van der Waals surface area contributed by atoms with Crippen LogP contribution in [0.3, 0.4) is 0 Å². The summed E-state index contributed by atoms with van der Waals surface area (Å²) in [4.78, 5) is 15.8. The first-order valence-corrected chi connectivity index (χ1v) is 6.95. The Morgan fingerprint density at radius 2 is 2.18 bits per heavy atom. The van der Waals surface area contributed by atoms with Crippen LogP contribution in [0.25, 0.3) is 0 Å². The molecule has 0 unspecified atom stereocenters. The Bertz CT molecular complexity index is 372. The summed E-state index contributed by atoms with van der Waals surface area (Å²) in [7, 11) is 0. The van der Waals surface area contributed by atoms with Gasteiger partial charge in [-0.1, -0.05) is 25.7 Å². The molecule has 17 heavy (non-hydrogen) atoms. The summed E-state index contributed by atoms with van der Waals surface area (Å²) in [5.41, 5.74) is 0.625. The standard InChI is InChI=1S/C13H17BrN2O/c14-12-6-5-11(9-16-12)13(17)15-8-7-10-3-1-2-4-10/h5-6,9-10H,1-4,7-8H2,(H,15,17). The fraction of sp³-hybridized carbons (Fsp3) is 0.538. The maximum Gasteiger partial charge on any atom is 0.252 e. The van der Waals surface area contributed by atoms with Crippen LogP contribution in [0, 0.1) is 5.92 Å². The highest BCUT2D eigenvalue weighted by atomic mass is 79.9. The molecule has 1 aliphatic rings. The number of nitrogens with zero attached hydrogens (tertiary/aromatic N) is 1. The van der Waals surface area contributed by atoms with Crippen molar-refractivity contribution in [2.45, 2.75) is 32.1 Å². The molecule has 0 atom stereocenters. The van der Waals surface area contributed by atoms with Gasteiger partial charge in [-0.25, -0.2) is 4.98 Å². The van der Waals surface area contributed by atoms with Crippen molar-refractivity contribution in [1.29, 1.82) is 0 Å². The normalized spacial score (nSPS) is 16.1. The third kappa shape index (κ3) is 3.80. The number of halogens is 1. The van der Waals surface area contributed by atoms with Crippen molar-refractivity contribution in [2.75, 3.05) is 6.54 Å². The molecule has 1 fully saturated rings. The third-order valence-corrected chi connectivity index (χ3v) is 3.77. The van der Waals surface area contributed by atoms with Gasteiger partial charge in [0.05, 0.1) is 5.56 Å². The van der Waals surface area contributed by atoms with E-state index in [4.69, 9.17) is 0 Å². The molecule has 1 aromatic rings. The molecule has 1 aromatic heterocycles. The quantitative estimate of drug-likeness (QED) is 0.867. The van der Waals surface area contributed by atoms with Gasteiger partial charge in [-0.3, -0.25) is 4.79 Å². The number of hydrogen-bond acceptors (Lipinski definition) is 2. The number of hydrogen-bond donors (Lipinski definition) is 1. The second kappa shape index (κ2) is 6.15. The zero-order valence-corrected chi connectivity index (χ0v) is 11.4. The molecule has 0 bridgehead atoms. The minimum atomic E-state index is -0.0250. The Hall–Kier alpha value is -0.900. The van der Waals surface area contributed by atoms with E-state index in [0.717, 1.165) is 23.5 Å². The van der Waals surface area contributed by atoms with Crippen molar-refractivity contribution in [2.24, 2.45) is 5.92 Å². The summed E-state index contributed by atoms with van der Waals surface area (Å²) >= 11 is 3.25. The molecule has 1 heterocycles. The van der Waals surface area contributed by atoms with E-state index in [9.17, 15) is 4.79 Å². The SMILES string of the molecule is O=C(NCCC1CCCC1)c1ccc(Br)nc1. The van der Waals surface area contributed by atoms with Crippen LogP contribution in [0.2, 0.25) is 0 Å². The van der Waals surface area contributed by atoms with Crippen molar-refractivity contribution in [3.8, 4) is 0 Å². The Balaban J connectivity index is 1.75. The van der Waals surface area contributed by atoms with Crippen LogP contribution in [-0.2, 0) is 0 Å². The first kappa shape index (κ1) is 12.6. The molecule has 0 spiro atoms. The zero-order valence-electron chi connectivity index (χ0n) is 9.79. The molecular weight excluding hydrogens is 280 g/mol. The van der Waals surface area contributed by atoms with Crippen molar-refractivity contribution in [1.82, 2.24) is 10.3 Å². The molecule has 0 aliphatic heterocycles. The molecule has 92 valence electrons. The van der Waals surface area contributed by atoms with Crippen molar-refractivity contribution in [3.63, 3.8) is 0 Å². The van der Waals surface area contributed by atoms with Gasteiger partial charge in [0.25, 0.3) is 5.91 Å². The lowest BCUT2D eigenvalue weighted by Crippen LogP contribution is -2.25. The van der Waals surface area contributed by atoms with E-state index in [1.165, 1.54) is 25.7 Å². The van der Waals surface area contributed by atoms with Crippen LogP contribution in [-0.4, -0.2) is 17.4 Å². The Morgan fingerprint density at radius 3 is 2.82 bits per heavy atom. The molecule has 1 saturated carbocycles. The summed E-state index contributed by atoms with van der Waals surface area (Å²) in [6.07, 6.45) is 8.07. The number of amides is 1. The predicted octanol–water partition coefficient (Wildman–Crippen LogP) is 3.15. The van der Waals surface area contributed by atoms with E-state index in [0.29, 0.717) is 5.56 Å². The predicted molar refractivity (Wildman–Crippen MR) is 70.8 cm³/mol. The number of pyridine rings is 1. The lowest BCUT2D eigenvalue weighted by molar-refractivity contribution is 0.0951. The zero-order chi connectivity index (χ0) is 12.1. The van der Waals surface area contributed by atoms with Crippen LogP contribution in [0.15, 0.2) is 22.9 Å². The van der Waals surface area contributed by atoms with Gasteiger partial charge in [-0.05, 0) is 40.4 Å². The molecule has 2 rings (SSSR count). The lowest BCUT2D eigenvalue weighted by atomic mass is 10.0. The average molecular weight is 297 g/mol. The summed E-state index contributed by atoms with van der Waals surface area (Å²) < 4.78 is 0.750.